The molecule has 3 rings (SSSR count). The monoisotopic (exact) mass is 646 g/mol. The van der Waals surface area contributed by atoms with Crippen molar-refractivity contribution >= 4 is 46.9 Å². The number of aldehydes is 1. The van der Waals surface area contributed by atoms with Gasteiger partial charge >= 0.3 is 0 Å². The maximum absolute atomic E-state index is 12.2. The van der Waals surface area contributed by atoms with Crippen LogP contribution in [0.5, 0.6) is 0 Å². The fraction of sp³-hybridized carbons (Fsp3) is 0.529. The van der Waals surface area contributed by atoms with E-state index in [4.69, 9.17) is 39.8 Å². The molecule has 8 nitrogen and oxygen atoms in total. The zero-order valence-corrected chi connectivity index (χ0v) is 29.1. The van der Waals surface area contributed by atoms with Crippen molar-refractivity contribution in [1.29, 1.82) is 0 Å². The highest BCUT2D eigenvalue weighted by Gasteiger charge is 2.36. The van der Waals surface area contributed by atoms with E-state index in [0.717, 1.165) is 49.9 Å². The molecule has 2 aromatic carbocycles. The molecule has 1 unspecified atom stereocenters. The van der Waals surface area contributed by atoms with Crippen LogP contribution >= 0.6 is 23.2 Å². The first kappa shape index (κ1) is 39.2. The number of guanidine groups is 1. The summed E-state index contributed by atoms with van der Waals surface area (Å²) < 4.78 is 0. The van der Waals surface area contributed by atoms with Crippen LogP contribution in [-0.4, -0.2) is 36.3 Å². The molecule has 0 heterocycles. The summed E-state index contributed by atoms with van der Waals surface area (Å²) in [5.41, 5.74) is 12.9. The van der Waals surface area contributed by atoms with Gasteiger partial charge in [-0.05, 0) is 80.0 Å². The molecule has 10 heteroatoms. The van der Waals surface area contributed by atoms with Gasteiger partial charge in [-0.1, -0.05) is 88.5 Å². The van der Waals surface area contributed by atoms with E-state index in [2.05, 4.69) is 57.5 Å². The van der Waals surface area contributed by atoms with Crippen LogP contribution in [0.25, 0.3) is 0 Å². The van der Waals surface area contributed by atoms with Crippen LogP contribution in [0.3, 0.4) is 0 Å². The highest BCUT2D eigenvalue weighted by molar-refractivity contribution is 6.46. The van der Waals surface area contributed by atoms with E-state index in [-0.39, 0.29) is 17.3 Å². The lowest BCUT2D eigenvalue weighted by Gasteiger charge is -2.40. The van der Waals surface area contributed by atoms with Crippen molar-refractivity contribution in [2.45, 2.75) is 92.5 Å². The summed E-state index contributed by atoms with van der Waals surface area (Å²) in [6.07, 6.45) is 7.48. The Labute approximate surface area is 274 Å². The number of carbonyl (C=O) groups is 2. The fourth-order valence-electron chi connectivity index (χ4n) is 4.93. The van der Waals surface area contributed by atoms with Gasteiger partial charge in [0, 0.05) is 35.1 Å². The molecule has 44 heavy (non-hydrogen) atoms. The standard InChI is InChI=1S/C20H27Cl2NO.C12H16O.C2H9N5/c1-13(24)18(14-10-16(21)12-17(22)11-14)23-20(5)8-6-15(7-9-20)19(2,3)4;1-3-10(2)8-11-4-6-12(9-13)7-5-11;1-5-2(3)6-7-4/h10-12,15H,6-9H2,1-5H3;4-7,9-10H,3,8H2,1-2H3;7H,4H2,1H3,(H3,3,5,6). The Morgan fingerprint density at radius 2 is 1.66 bits per heavy atom. The third-order valence-corrected chi connectivity index (χ3v) is 8.41. The summed E-state index contributed by atoms with van der Waals surface area (Å²) >= 11 is 12.2. The Bertz CT molecular complexity index is 1230. The number of Topliss-reactive ketones (excluding diaryl/α,β-unsaturated/α-hetero) is 1. The maximum Gasteiger partial charge on any atom is 0.204 e. The van der Waals surface area contributed by atoms with Gasteiger partial charge in [0.05, 0.1) is 5.54 Å². The summed E-state index contributed by atoms with van der Waals surface area (Å²) in [5, 5.41) is 1.04. The van der Waals surface area contributed by atoms with Gasteiger partial charge in [-0.3, -0.25) is 30.8 Å². The van der Waals surface area contributed by atoms with E-state index in [9.17, 15) is 9.59 Å². The molecule has 1 atom stereocenters. The van der Waals surface area contributed by atoms with Gasteiger partial charge in [0.2, 0.25) is 5.96 Å². The number of hydrogen-bond donors (Lipinski definition) is 4. The molecule has 1 aliphatic rings. The Morgan fingerprint density at radius 1 is 1.11 bits per heavy atom. The second-order valence-electron chi connectivity index (χ2n) is 12.8. The molecule has 244 valence electrons. The summed E-state index contributed by atoms with van der Waals surface area (Å²) in [7, 11) is 1.56. The highest BCUT2D eigenvalue weighted by Crippen LogP contribution is 2.43. The smallest absolute Gasteiger partial charge is 0.204 e. The number of hydrogen-bond acceptors (Lipinski definition) is 6. The van der Waals surface area contributed by atoms with Crippen molar-refractivity contribution in [2.24, 2.45) is 38.8 Å². The predicted molar refractivity (Wildman–Crippen MR) is 186 cm³/mol. The van der Waals surface area contributed by atoms with Gasteiger partial charge in [0.25, 0.3) is 0 Å². The van der Waals surface area contributed by atoms with Crippen molar-refractivity contribution in [3.05, 3.63) is 69.2 Å². The fourth-order valence-corrected chi connectivity index (χ4v) is 5.46. The van der Waals surface area contributed by atoms with Crippen LogP contribution in [0, 0.1) is 17.3 Å². The minimum Gasteiger partial charge on any atom is -0.369 e. The SMILES string of the molecule is CC(=O)C(=NC1(C)CCC(C(C)(C)C)CC1)c1cc(Cl)cc(Cl)c1.CCC(C)Cc1ccc(C=O)cc1.CN=C(N)NNN. The second-order valence-corrected chi connectivity index (χ2v) is 13.6. The van der Waals surface area contributed by atoms with Crippen molar-refractivity contribution in [2.75, 3.05) is 7.05 Å². The Balaban J connectivity index is 0.000000403. The van der Waals surface area contributed by atoms with Gasteiger partial charge in [-0.15, -0.1) is 0 Å². The normalized spacial score (nSPS) is 19.5. The largest absolute Gasteiger partial charge is 0.369 e. The lowest BCUT2D eigenvalue weighted by molar-refractivity contribution is -0.111. The quantitative estimate of drug-likeness (QED) is 0.0778. The summed E-state index contributed by atoms with van der Waals surface area (Å²) in [5.74, 6) is 6.44. The molecular formula is C34H52Cl2N6O2. The van der Waals surface area contributed by atoms with Crippen molar-refractivity contribution in [3.63, 3.8) is 0 Å². The molecule has 6 N–H and O–H groups in total. The third kappa shape index (κ3) is 14.3. The van der Waals surface area contributed by atoms with Gasteiger partial charge in [0.15, 0.2) is 5.78 Å². The topological polar surface area (TPSA) is 135 Å². The first-order valence-corrected chi connectivity index (χ1v) is 15.9. The number of nitrogens with zero attached hydrogens (tertiary/aromatic N) is 2. The summed E-state index contributed by atoms with van der Waals surface area (Å²) in [6, 6.07) is 13.0. The lowest BCUT2D eigenvalue weighted by atomic mass is 9.68. The molecule has 1 aliphatic carbocycles. The zero-order chi connectivity index (χ0) is 33.5. The van der Waals surface area contributed by atoms with Gasteiger partial charge in [0.1, 0.15) is 12.0 Å². The predicted octanol–water partition coefficient (Wildman–Crippen LogP) is 7.35. The summed E-state index contributed by atoms with van der Waals surface area (Å²) in [4.78, 5) is 31.0. The minimum atomic E-state index is -0.197. The number of ketones is 1. The first-order valence-electron chi connectivity index (χ1n) is 15.1. The number of carbonyl (C=O) groups excluding carboxylic acids is 2. The number of benzene rings is 2. The maximum atomic E-state index is 12.2. The molecule has 0 aliphatic heterocycles. The molecule has 1 saturated carbocycles. The lowest BCUT2D eigenvalue weighted by Crippen LogP contribution is -2.46. The molecule has 1 fully saturated rings. The van der Waals surface area contributed by atoms with Gasteiger partial charge in [-0.2, -0.15) is 5.53 Å². The molecule has 0 radical (unpaired) electrons. The molecule has 0 amide bonds. The van der Waals surface area contributed by atoms with Crippen LogP contribution in [0.4, 0.5) is 0 Å². The van der Waals surface area contributed by atoms with Gasteiger partial charge in [-0.25, -0.2) is 0 Å². The average Bonchev–Trinajstić information content (AvgIpc) is 2.96. The molecule has 2 aromatic rings. The number of hydrazine groups is 2. The van der Waals surface area contributed by atoms with Crippen LogP contribution in [0.1, 0.15) is 102 Å². The molecule has 0 spiro atoms. The molecule has 0 aromatic heterocycles. The number of nitrogens with one attached hydrogen (secondary N) is 2. The van der Waals surface area contributed by atoms with Gasteiger partial charge < -0.3 is 5.73 Å². The number of aliphatic imine (C=N–C) groups is 2. The Morgan fingerprint density at radius 3 is 2.05 bits per heavy atom. The van der Waals surface area contributed by atoms with E-state index in [1.165, 1.54) is 12.0 Å². The number of rotatable bonds is 8. The first-order chi connectivity index (χ1) is 20.6. The Hall–Kier alpha value is -2.78. The van der Waals surface area contributed by atoms with Crippen LogP contribution in [0.2, 0.25) is 10.0 Å². The molecule has 0 saturated heterocycles. The Kier molecular flexibility index (Phi) is 16.9. The van der Waals surface area contributed by atoms with Crippen molar-refractivity contribution < 1.29 is 9.59 Å². The van der Waals surface area contributed by atoms with E-state index in [0.29, 0.717) is 32.7 Å². The van der Waals surface area contributed by atoms with Crippen LogP contribution < -0.4 is 22.5 Å². The van der Waals surface area contributed by atoms with E-state index < -0.39 is 0 Å². The number of halogens is 2. The van der Waals surface area contributed by atoms with Crippen LogP contribution in [-0.2, 0) is 11.2 Å². The second kappa shape index (κ2) is 18.9. The highest BCUT2D eigenvalue weighted by atomic mass is 35.5. The van der Waals surface area contributed by atoms with Crippen LogP contribution in [0.15, 0.2) is 52.4 Å². The summed E-state index contributed by atoms with van der Waals surface area (Å²) in [6.45, 7) is 15.1. The molecule has 0 bridgehead atoms. The average molecular weight is 648 g/mol. The van der Waals surface area contributed by atoms with Crippen molar-refractivity contribution in [3.8, 4) is 0 Å². The minimum absolute atomic E-state index is 0.0486. The van der Waals surface area contributed by atoms with E-state index in [1.807, 2.05) is 24.3 Å². The van der Waals surface area contributed by atoms with E-state index >= 15 is 0 Å². The van der Waals surface area contributed by atoms with E-state index in [1.54, 1.807) is 32.2 Å². The third-order valence-electron chi connectivity index (χ3n) is 7.98. The zero-order valence-electron chi connectivity index (χ0n) is 27.6. The molecular weight excluding hydrogens is 595 g/mol. The number of nitrogens with two attached hydrogens (primary N) is 2. The van der Waals surface area contributed by atoms with Crippen molar-refractivity contribution in [1.82, 2.24) is 11.0 Å².